The lowest BCUT2D eigenvalue weighted by molar-refractivity contribution is 0.0888. The predicted octanol–water partition coefficient (Wildman–Crippen LogP) is 4.80. The molecule has 1 aromatic carbocycles. The molecular weight excluding hydrogens is 411 g/mol. The van der Waals surface area contributed by atoms with Gasteiger partial charge in [0.25, 0.3) is 5.91 Å². The first-order valence-electron chi connectivity index (χ1n) is 9.13. The molecule has 1 heterocycles. The van der Waals surface area contributed by atoms with Crippen LogP contribution in [0.3, 0.4) is 0 Å². The Morgan fingerprint density at radius 3 is 2.55 bits per heavy atom. The van der Waals surface area contributed by atoms with Crippen LogP contribution in [0.1, 0.15) is 47.4 Å². The average Bonchev–Trinajstić information content (AvgIpc) is 2.71. The Morgan fingerprint density at radius 2 is 2.00 bits per heavy atom. The monoisotopic (exact) mass is 432 g/mol. The van der Waals surface area contributed by atoms with Crippen LogP contribution in [0.5, 0.6) is 5.75 Å². The van der Waals surface area contributed by atoms with E-state index in [2.05, 4.69) is 21.9 Å². The maximum atomic E-state index is 12.2. The fourth-order valence-electron chi connectivity index (χ4n) is 2.95. The van der Waals surface area contributed by atoms with Crippen molar-refractivity contribution in [3.05, 3.63) is 64.7 Å². The van der Waals surface area contributed by atoms with Crippen molar-refractivity contribution < 1.29 is 9.53 Å². The Kier molecular flexibility index (Phi) is 8.91. The largest absolute Gasteiger partial charge is 0.490 e. The van der Waals surface area contributed by atoms with Gasteiger partial charge in [-0.1, -0.05) is 29.8 Å². The van der Waals surface area contributed by atoms with Gasteiger partial charge in [0, 0.05) is 18.3 Å². The Hall–Kier alpha value is -2.62. The van der Waals surface area contributed by atoms with Gasteiger partial charge in [0.05, 0.1) is 28.6 Å². The Balaban J connectivity index is 0.000000941. The summed E-state index contributed by atoms with van der Waals surface area (Å²) in [7, 11) is 0. The zero-order chi connectivity index (χ0) is 21.2. The number of hydrogen-bond acceptors (Lipinski definition) is 5. The van der Waals surface area contributed by atoms with Gasteiger partial charge in [-0.25, -0.2) is 4.98 Å². The maximum Gasteiger partial charge on any atom is 0.271 e. The number of amides is 1. The SMILES string of the molecule is C=CCl.Cc1cnc(C(=O)NC2CCC(Oc3ccc(C#N)c(Cl)c3)CC2)cn1. The molecule has 2 aromatic rings. The first kappa shape index (κ1) is 22.7. The number of carbonyl (C=O) groups excluding carboxylic acids is 1. The summed E-state index contributed by atoms with van der Waals surface area (Å²) in [5, 5.41) is 12.3. The molecule has 0 spiro atoms. The van der Waals surface area contributed by atoms with E-state index in [9.17, 15) is 4.79 Å². The normalized spacial score (nSPS) is 17.9. The first-order chi connectivity index (χ1) is 14.0. The second-order valence-electron chi connectivity index (χ2n) is 6.52. The highest BCUT2D eigenvalue weighted by molar-refractivity contribution is 6.31. The van der Waals surface area contributed by atoms with E-state index in [1.165, 1.54) is 11.7 Å². The lowest BCUT2D eigenvalue weighted by Gasteiger charge is -2.29. The summed E-state index contributed by atoms with van der Waals surface area (Å²) >= 11 is 10.8. The van der Waals surface area contributed by atoms with Crippen molar-refractivity contribution in [3.8, 4) is 11.8 Å². The van der Waals surface area contributed by atoms with Crippen molar-refractivity contribution in [1.82, 2.24) is 15.3 Å². The molecule has 0 aliphatic heterocycles. The van der Waals surface area contributed by atoms with E-state index in [0.717, 1.165) is 31.4 Å². The van der Waals surface area contributed by atoms with Crippen LogP contribution < -0.4 is 10.1 Å². The third-order valence-electron chi connectivity index (χ3n) is 4.39. The number of rotatable bonds is 4. The van der Waals surface area contributed by atoms with Crippen LogP contribution in [0.2, 0.25) is 5.02 Å². The minimum atomic E-state index is -0.194. The molecule has 29 heavy (non-hydrogen) atoms. The van der Waals surface area contributed by atoms with Crippen molar-refractivity contribution >= 4 is 29.1 Å². The molecule has 0 unspecified atom stereocenters. The third-order valence-corrected chi connectivity index (χ3v) is 4.70. The number of ether oxygens (including phenoxy) is 1. The van der Waals surface area contributed by atoms with Crippen LogP contribution in [0.25, 0.3) is 0 Å². The fraction of sp³-hybridized carbons (Fsp3) is 0.333. The molecule has 1 amide bonds. The highest BCUT2D eigenvalue weighted by Gasteiger charge is 2.24. The van der Waals surface area contributed by atoms with E-state index >= 15 is 0 Å². The molecular formula is C21H22Cl2N4O2. The lowest BCUT2D eigenvalue weighted by atomic mass is 9.93. The van der Waals surface area contributed by atoms with Crippen LogP contribution in [0, 0.1) is 18.3 Å². The van der Waals surface area contributed by atoms with E-state index in [1.807, 2.05) is 13.0 Å². The number of carbonyl (C=O) groups is 1. The highest BCUT2D eigenvalue weighted by atomic mass is 35.5. The van der Waals surface area contributed by atoms with Crippen molar-refractivity contribution in [1.29, 1.82) is 5.26 Å². The van der Waals surface area contributed by atoms with Gasteiger partial charge in [-0.05, 0) is 50.3 Å². The topological polar surface area (TPSA) is 87.9 Å². The van der Waals surface area contributed by atoms with Gasteiger partial charge >= 0.3 is 0 Å². The van der Waals surface area contributed by atoms with Crippen LogP contribution >= 0.6 is 23.2 Å². The van der Waals surface area contributed by atoms with E-state index in [1.54, 1.807) is 24.4 Å². The second-order valence-corrected chi connectivity index (χ2v) is 7.23. The molecule has 0 saturated heterocycles. The van der Waals surface area contributed by atoms with Crippen molar-refractivity contribution in [2.75, 3.05) is 0 Å². The summed E-state index contributed by atoms with van der Waals surface area (Å²) < 4.78 is 5.96. The van der Waals surface area contributed by atoms with Gasteiger partial charge in [0.2, 0.25) is 0 Å². The fourth-order valence-corrected chi connectivity index (χ4v) is 3.16. The Morgan fingerprint density at radius 1 is 1.31 bits per heavy atom. The van der Waals surface area contributed by atoms with Gasteiger partial charge in [-0.3, -0.25) is 9.78 Å². The number of halogens is 2. The quantitative estimate of drug-likeness (QED) is 0.749. The van der Waals surface area contributed by atoms with Crippen LogP contribution in [-0.4, -0.2) is 28.0 Å². The van der Waals surface area contributed by atoms with E-state index in [4.69, 9.17) is 33.2 Å². The molecule has 1 aliphatic carbocycles. The lowest BCUT2D eigenvalue weighted by Crippen LogP contribution is -2.40. The summed E-state index contributed by atoms with van der Waals surface area (Å²) in [5.74, 6) is 0.470. The molecule has 0 atom stereocenters. The molecule has 6 nitrogen and oxygen atoms in total. The molecule has 8 heteroatoms. The standard InChI is InChI=1S/C19H19ClN4O2.C2H3Cl/c1-12-10-23-18(11-22-12)19(25)24-14-3-6-15(7-4-14)26-16-5-2-13(9-21)17(20)8-16;1-2-3/h2,5,8,10-11,14-15H,3-4,6-7H2,1H3,(H,24,25);2H,1H2. The third kappa shape index (κ3) is 7.04. The van der Waals surface area contributed by atoms with Crippen molar-refractivity contribution in [3.63, 3.8) is 0 Å². The van der Waals surface area contributed by atoms with Crippen molar-refractivity contribution in [2.24, 2.45) is 0 Å². The molecule has 1 aromatic heterocycles. The van der Waals surface area contributed by atoms with Crippen LogP contribution in [0.4, 0.5) is 0 Å². The van der Waals surface area contributed by atoms with Gasteiger partial charge in [0.15, 0.2) is 0 Å². The minimum absolute atomic E-state index is 0.0753. The molecule has 0 bridgehead atoms. The highest BCUT2D eigenvalue weighted by Crippen LogP contribution is 2.27. The van der Waals surface area contributed by atoms with Gasteiger partial charge in [-0.2, -0.15) is 5.26 Å². The Labute approximate surface area is 180 Å². The van der Waals surface area contributed by atoms with Crippen molar-refractivity contribution in [2.45, 2.75) is 44.8 Å². The van der Waals surface area contributed by atoms with Crippen LogP contribution in [0.15, 0.2) is 42.7 Å². The number of aryl methyl sites for hydroxylation is 1. The molecule has 3 rings (SSSR count). The zero-order valence-electron chi connectivity index (χ0n) is 16.1. The van der Waals surface area contributed by atoms with Gasteiger partial charge < -0.3 is 10.1 Å². The molecule has 0 radical (unpaired) electrons. The zero-order valence-corrected chi connectivity index (χ0v) is 17.6. The first-order valence-corrected chi connectivity index (χ1v) is 9.95. The average molecular weight is 433 g/mol. The number of nitrogens with one attached hydrogen (secondary N) is 1. The Bertz CT molecular complexity index is 873. The van der Waals surface area contributed by atoms with Gasteiger partial charge in [-0.15, -0.1) is 0 Å². The summed E-state index contributed by atoms with van der Waals surface area (Å²) in [5.41, 5.74) is 2.77. The maximum absolute atomic E-state index is 12.2. The molecule has 1 aliphatic rings. The second kappa shape index (κ2) is 11.4. The summed E-state index contributed by atoms with van der Waals surface area (Å²) in [6, 6.07) is 7.22. The number of hydrogen-bond donors (Lipinski definition) is 1. The number of benzene rings is 1. The summed E-state index contributed by atoms with van der Waals surface area (Å²) in [4.78, 5) is 20.4. The van der Waals surface area contributed by atoms with E-state index in [-0.39, 0.29) is 18.1 Å². The summed E-state index contributed by atoms with van der Waals surface area (Å²) in [6.45, 7) is 4.96. The molecule has 152 valence electrons. The number of nitriles is 1. The molecule has 1 saturated carbocycles. The molecule has 1 fully saturated rings. The van der Waals surface area contributed by atoms with E-state index in [0.29, 0.717) is 22.0 Å². The minimum Gasteiger partial charge on any atom is -0.490 e. The predicted molar refractivity (Wildman–Crippen MR) is 113 cm³/mol. The summed E-state index contributed by atoms with van der Waals surface area (Å²) in [6.07, 6.45) is 6.49. The number of aromatic nitrogens is 2. The van der Waals surface area contributed by atoms with Crippen LogP contribution in [-0.2, 0) is 0 Å². The van der Waals surface area contributed by atoms with E-state index < -0.39 is 0 Å². The smallest absolute Gasteiger partial charge is 0.271 e. The number of nitrogens with zero attached hydrogens (tertiary/aromatic N) is 3. The van der Waals surface area contributed by atoms with Gasteiger partial charge in [0.1, 0.15) is 17.5 Å². The molecule has 1 N–H and O–H groups in total.